The van der Waals surface area contributed by atoms with Gasteiger partial charge in [-0.15, -0.1) is 0 Å². The van der Waals surface area contributed by atoms with Crippen molar-refractivity contribution in [1.29, 1.82) is 0 Å². The molecule has 2 heteroatoms. The van der Waals surface area contributed by atoms with Crippen molar-refractivity contribution in [3.8, 4) is 0 Å². The van der Waals surface area contributed by atoms with Crippen molar-refractivity contribution in [2.75, 3.05) is 5.32 Å². The average Bonchev–Trinajstić information content (AvgIpc) is 3.56. The number of hydrogen-bond acceptors (Lipinski definition) is 1. The van der Waals surface area contributed by atoms with Crippen LogP contribution in [0.2, 0.25) is 0 Å². The first-order valence-electron chi connectivity index (χ1n) is 14.4. The summed E-state index contributed by atoms with van der Waals surface area (Å²) in [5.41, 5.74) is 9.16. The van der Waals surface area contributed by atoms with Gasteiger partial charge in [-0.25, -0.2) is 0 Å². The van der Waals surface area contributed by atoms with Gasteiger partial charge in [0.2, 0.25) is 0 Å². The Morgan fingerprint density at radius 2 is 1.43 bits per heavy atom. The van der Waals surface area contributed by atoms with Crippen LogP contribution in [0.5, 0.6) is 0 Å². The molecule has 2 heterocycles. The van der Waals surface area contributed by atoms with Crippen molar-refractivity contribution in [1.82, 2.24) is 4.98 Å². The van der Waals surface area contributed by atoms with E-state index >= 15 is 0 Å². The number of aromatic nitrogens is 1. The van der Waals surface area contributed by atoms with Gasteiger partial charge >= 0.3 is 0 Å². The number of fused-ring (bicyclic) bond motifs is 4. The van der Waals surface area contributed by atoms with Gasteiger partial charge in [0.05, 0.1) is 11.5 Å². The molecule has 208 valence electrons. The van der Waals surface area contributed by atoms with Crippen molar-refractivity contribution in [3.63, 3.8) is 0 Å². The minimum absolute atomic E-state index is 0.0151. The molecule has 2 N–H and O–H groups in total. The van der Waals surface area contributed by atoms with E-state index in [2.05, 4.69) is 152 Å². The summed E-state index contributed by atoms with van der Waals surface area (Å²) >= 11 is 0. The Labute approximate surface area is 249 Å². The lowest BCUT2D eigenvalue weighted by Gasteiger charge is -2.38. The summed E-state index contributed by atoms with van der Waals surface area (Å²) in [4.78, 5) is 3.67. The molecule has 2 unspecified atom stereocenters. The van der Waals surface area contributed by atoms with Crippen molar-refractivity contribution >= 4 is 27.5 Å². The fraction of sp³-hybridized carbons (Fsp3) is 0.100. The molecule has 2 nitrogen and oxygen atoms in total. The Kier molecular flexibility index (Phi) is 8.55. The Morgan fingerprint density at radius 1 is 0.762 bits per heavy atom. The van der Waals surface area contributed by atoms with Gasteiger partial charge in [-0.2, -0.15) is 0 Å². The number of hydrogen-bond donors (Lipinski definition) is 2. The molecule has 0 fully saturated rings. The molecule has 0 aliphatic carbocycles. The molecule has 2 atom stereocenters. The lowest BCUT2D eigenvalue weighted by Crippen LogP contribution is -2.35. The molecule has 6 rings (SSSR count). The molecular weight excluding hydrogens is 508 g/mol. The first-order valence-corrected chi connectivity index (χ1v) is 14.4. The standard InChI is InChI=1S/C33H28N2.C7H10/c1-3-13-24(14-4-2)33(25-17-9-6-10-18-25)28-22-30-27(26-19-11-12-20-29(26)34-30)21-31(28)35-32(33)23-15-7-5-8-16-23;1-4-6-7(3)5-2/h3-22,32,34-35H,1H2,2H3;4-6H,1-2H2,3H3/b14-4-,24-13+;7-6-. The van der Waals surface area contributed by atoms with Crippen LogP contribution in [0.15, 0.2) is 170 Å². The Bertz CT molecular complexity index is 1820. The van der Waals surface area contributed by atoms with Crippen LogP contribution in [0, 0.1) is 0 Å². The summed E-state index contributed by atoms with van der Waals surface area (Å²) in [7, 11) is 0. The maximum Gasteiger partial charge on any atom is 0.0715 e. The maximum atomic E-state index is 4.07. The molecule has 1 aliphatic rings. The predicted molar refractivity (Wildman–Crippen MR) is 183 cm³/mol. The number of para-hydroxylation sites is 1. The van der Waals surface area contributed by atoms with Crippen LogP contribution in [0.25, 0.3) is 21.8 Å². The Hall–Kier alpha value is -5.08. The first kappa shape index (κ1) is 28.4. The second-order valence-electron chi connectivity index (χ2n) is 10.5. The van der Waals surface area contributed by atoms with Crippen LogP contribution in [-0.4, -0.2) is 4.98 Å². The zero-order valence-corrected chi connectivity index (χ0v) is 24.5. The van der Waals surface area contributed by atoms with Gasteiger partial charge in [-0.1, -0.05) is 147 Å². The summed E-state index contributed by atoms with van der Waals surface area (Å²) in [6.45, 7) is 15.2. The normalized spacial score (nSPS) is 18.3. The Morgan fingerprint density at radius 3 is 2.07 bits per heavy atom. The van der Waals surface area contributed by atoms with E-state index in [0.29, 0.717) is 0 Å². The molecule has 42 heavy (non-hydrogen) atoms. The van der Waals surface area contributed by atoms with Crippen LogP contribution in [0.3, 0.4) is 0 Å². The number of H-pyrrole nitrogens is 1. The number of rotatable bonds is 7. The fourth-order valence-corrected chi connectivity index (χ4v) is 6.13. The molecule has 0 bridgehead atoms. The molecule has 0 radical (unpaired) electrons. The van der Waals surface area contributed by atoms with E-state index in [0.717, 1.165) is 16.6 Å². The third-order valence-corrected chi connectivity index (χ3v) is 7.97. The lowest BCUT2D eigenvalue weighted by atomic mass is 9.64. The molecule has 1 aromatic heterocycles. The highest BCUT2D eigenvalue weighted by molar-refractivity contribution is 6.09. The fourth-order valence-electron chi connectivity index (χ4n) is 6.13. The minimum atomic E-state index is -0.440. The van der Waals surface area contributed by atoms with Gasteiger partial charge in [0.25, 0.3) is 0 Å². The van der Waals surface area contributed by atoms with E-state index < -0.39 is 5.41 Å². The predicted octanol–water partition coefficient (Wildman–Crippen LogP) is 10.8. The van der Waals surface area contributed by atoms with E-state index in [9.17, 15) is 0 Å². The van der Waals surface area contributed by atoms with Crippen molar-refractivity contribution in [2.45, 2.75) is 25.3 Å². The lowest BCUT2D eigenvalue weighted by molar-refractivity contribution is 0.553. The number of anilines is 1. The highest BCUT2D eigenvalue weighted by Crippen LogP contribution is 2.58. The third-order valence-electron chi connectivity index (χ3n) is 7.97. The summed E-state index contributed by atoms with van der Waals surface area (Å²) in [5.74, 6) is 0. The smallest absolute Gasteiger partial charge is 0.0715 e. The zero-order chi connectivity index (χ0) is 29.5. The number of nitrogens with one attached hydrogen (secondary N) is 2. The monoisotopic (exact) mass is 546 g/mol. The van der Waals surface area contributed by atoms with Gasteiger partial charge in [0.15, 0.2) is 0 Å². The summed E-state index contributed by atoms with van der Waals surface area (Å²) < 4.78 is 0. The van der Waals surface area contributed by atoms with Gasteiger partial charge in [-0.05, 0) is 54.3 Å². The van der Waals surface area contributed by atoms with Crippen LogP contribution < -0.4 is 5.32 Å². The number of benzene rings is 4. The number of allylic oxidation sites excluding steroid dienone is 8. The second-order valence-corrected chi connectivity index (χ2v) is 10.5. The highest BCUT2D eigenvalue weighted by Gasteiger charge is 2.51. The van der Waals surface area contributed by atoms with Crippen LogP contribution >= 0.6 is 0 Å². The van der Waals surface area contributed by atoms with E-state index in [1.165, 1.54) is 38.7 Å². The molecule has 1 aliphatic heterocycles. The van der Waals surface area contributed by atoms with E-state index in [1.807, 2.05) is 19.1 Å². The summed E-state index contributed by atoms with van der Waals surface area (Å²) in [5, 5.41) is 6.45. The van der Waals surface area contributed by atoms with Crippen molar-refractivity contribution in [2.24, 2.45) is 0 Å². The zero-order valence-electron chi connectivity index (χ0n) is 24.5. The number of aromatic amines is 1. The van der Waals surface area contributed by atoms with Gasteiger partial charge in [0, 0.05) is 27.5 Å². The van der Waals surface area contributed by atoms with Gasteiger partial charge in [0.1, 0.15) is 0 Å². The second kappa shape index (κ2) is 12.6. The molecule has 0 amide bonds. The molecule has 5 aromatic rings. The molecule has 4 aromatic carbocycles. The molecular formula is C40H38N2. The molecule has 0 saturated heterocycles. The SMILES string of the molecule is C=C/C=C(/C)C=C.C=C/C=C(\C=C/C)C1(c2ccccc2)c2cc3[nH]c4ccccc4c3cc2NC1c1ccccc1. The first-order chi connectivity index (χ1) is 20.6. The topological polar surface area (TPSA) is 27.8 Å². The molecule has 0 spiro atoms. The van der Waals surface area contributed by atoms with Crippen molar-refractivity contribution in [3.05, 3.63) is 187 Å². The average molecular weight is 547 g/mol. The van der Waals surface area contributed by atoms with E-state index in [1.54, 1.807) is 12.2 Å². The minimum Gasteiger partial charge on any atom is -0.376 e. The highest BCUT2D eigenvalue weighted by atomic mass is 15.0. The van der Waals surface area contributed by atoms with Crippen LogP contribution in [-0.2, 0) is 5.41 Å². The third kappa shape index (κ3) is 5.08. The van der Waals surface area contributed by atoms with Gasteiger partial charge < -0.3 is 10.3 Å². The van der Waals surface area contributed by atoms with Crippen LogP contribution in [0.1, 0.15) is 36.6 Å². The molecule has 0 saturated carbocycles. The van der Waals surface area contributed by atoms with E-state index in [-0.39, 0.29) is 6.04 Å². The largest absolute Gasteiger partial charge is 0.376 e. The Balaban J connectivity index is 0.000000451. The van der Waals surface area contributed by atoms with E-state index in [4.69, 9.17) is 0 Å². The van der Waals surface area contributed by atoms with Gasteiger partial charge in [-0.3, -0.25) is 0 Å². The quantitative estimate of drug-likeness (QED) is 0.195. The summed E-state index contributed by atoms with van der Waals surface area (Å²) in [6, 6.07) is 34.9. The maximum absolute atomic E-state index is 4.07. The van der Waals surface area contributed by atoms with Crippen LogP contribution in [0.4, 0.5) is 5.69 Å². The summed E-state index contributed by atoms with van der Waals surface area (Å²) in [6.07, 6.45) is 13.9. The van der Waals surface area contributed by atoms with Crippen molar-refractivity contribution < 1.29 is 0 Å².